The van der Waals surface area contributed by atoms with Crippen molar-refractivity contribution in [2.24, 2.45) is 0 Å². The zero-order valence-electron chi connectivity index (χ0n) is 16.8. The van der Waals surface area contributed by atoms with Crippen molar-refractivity contribution in [2.75, 3.05) is 0 Å². The van der Waals surface area contributed by atoms with Crippen molar-refractivity contribution in [1.82, 2.24) is 20.2 Å². The number of carbonyl (C=O) groups is 2. The minimum Gasteiger partial charge on any atom is -0.288 e. The second kappa shape index (κ2) is 8.24. The number of allylic oxidation sites excluding steroid dienone is 1. The van der Waals surface area contributed by atoms with E-state index in [1.807, 2.05) is 30.3 Å². The number of aromatic nitrogens is 4. The first-order valence-corrected chi connectivity index (χ1v) is 10.5. The molecule has 1 aliphatic rings. The lowest BCUT2D eigenvalue weighted by atomic mass is 10.1. The predicted molar refractivity (Wildman–Crippen MR) is 119 cm³/mol. The van der Waals surface area contributed by atoms with Gasteiger partial charge in [-0.1, -0.05) is 48.5 Å². The zero-order valence-corrected chi connectivity index (χ0v) is 17.6. The van der Waals surface area contributed by atoms with Gasteiger partial charge in [0.1, 0.15) is 0 Å². The summed E-state index contributed by atoms with van der Waals surface area (Å²) >= 11 is 1.04. The highest BCUT2D eigenvalue weighted by molar-refractivity contribution is 7.99. The van der Waals surface area contributed by atoms with Gasteiger partial charge in [-0.05, 0) is 52.0 Å². The molecule has 0 unspecified atom stereocenters. The lowest BCUT2D eigenvalue weighted by molar-refractivity contribution is -0.387. The summed E-state index contributed by atoms with van der Waals surface area (Å²) in [6, 6.07) is 20.2. The Balaban J connectivity index is 1.49. The molecule has 0 saturated heterocycles. The van der Waals surface area contributed by atoms with Crippen LogP contribution in [0.1, 0.15) is 26.3 Å². The van der Waals surface area contributed by atoms with Gasteiger partial charge in [0.25, 0.3) is 5.69 Å². The van der Waals surface area contributed by atoms with Gasteiger partial charge in [-0.2, -0.15) is 4.68 Å². The molecule has 0 radical (unpaired) electrons. The lowest BCUT2D eigenvalue weighted by Crippen LogP contribution is -2.01. The molecule has 0 spiro atoms. The number of nitrogens with zero attached hydrogens (tertiary/aromatic N) is 5. The maximum atomic E-state index is 12.6. The van der Waals surface area contributed by atoms with Crippen LogP contribution in [0.15, 0.2) is 88.4 Å². The molecule has 33 heavy (non-hydrogen) atoms. The molecular formula is C23H13N5O4S. The van der Waals surface area contributed by atoms with E-state index in [4.69, 9.17) is 0 Å². The Bertz CT molecular complexity index is 1430. The number of tetrazole rings is 1. The summed E-state index contributed by atoms with van der Waals surface area (Å²) in [6.07, 6.45) is 1.39. The molecular weight excluding hydrogens is 442 g/mol. The molecule has 1 aromatic heterocycles. The van der Waals surface area contributed by atoms with Crippen LogP contribution in [0.2, 0.25) is 0 Å². The Morgan fingerprint density at radius 3 is 2.24 bits per heavy atom. The molecule has 10 heteroatoms. The monoisotopic (exact) mass is 455 g/mol. The standard InChI is InChI=1S/C23H13N5O4S/c29-21-16-8-4-5-9-17(16)22(30)18(21)12-14-10-11-20(19(13-14)28(31)32)33-23-24-25-26-27(23)15-6-2-1-3-7-15/h1-13H. The third kappa shape index (κ3) is 3.72. The van der Waals surface area contributed by atoms with Crippen LogP contribution < -0.4 is 0 Å². The predicted octanol–water partition coefficient (Wildman–Crippen LogP) is 4.18. The lowest BCUT2D eigenvalue weighted by Gasteiger charge is -2.05. The van der Waals surface area contributed by atoms with Crippen molar-refractivity contribution < 1.29 is 14.5 Å². The van der Waals surface area contributed by atoms with E-state index in [1.165, 1.54) is 16.8 Å². The minimum absolute atomic E-state index is 0.0149. The summed E-state index contributed by atoms with van der Waals surface area (Å²) in [5, 5.41) is 23.8. The van der Waals surface area contributed by atoms with Gasteiger partial charge in [-0.15, -0.1) is 5.10 Å². The molecule has 0 N–H and O–H groups in total. The van der Waals surface area contributed by atoms with Gasteiger partial charge in [0, 0.05) is 17.2 Å². The number of Topliss-reactive ketones (excluding diaryl/α,β-unsaturated/α-hetero) is 2. The van der Waals surface area contributed by atoms with E-state index in [9.17, 15) is 19.7 Å². The van der Waals surface area contributed by atoms with Crippen LogP contribution in [0.25, 0.3) is 11.8 Å². The van der Waals surface area contributed by atoms with Gasteiger partial charge >= 0.3 is 0 Å². The van der Waals surface area contributed by atoms with Crippen LogP contribution in [0.5, 0.6) is 0 Å². The SMILES string of the molecule is O=C1C(=Cc2ccc(Sc3nnnn3-c3ccccc3)c([N+](=O)[O-])c2)C(=O)c2ccccc21. The molecule has 0 atom stereocenters. The summed E-state index contributed by atoms with van der Waals surface area (Å²) in [5.41, 5.74) is 1.56. The van der Waals surface area contributed by atoms with Crippen LogP contribution in [0.4, 0.5) is 5.69 Å². The summed E-state index contributed by atoms with van der Waals surface area (Å²) in [6.45, 7) is 0. The number of ketones is 2. The van der Waals surface area contributed by atoms with Crippen molar-refractivity contribution >= 4 is 35.1 Å². The van der Waals surface area contributed by atoms with Gasteiger partial charge in [-0.3, -0.25) is 19.7 Å². The quantitative estimate of drug-likeness (QED) is 0.190. The average molecular weight is 455 g/mol. The first kappa shape index (κ1) is 20.5. The van der Waals surface area contributed by atoms with E-state index in [1.54, 1.807) is 36.4 Å². The van der Waals surface area contributed by atoms with Gasteiger partial charge in [0.05, 0.1) is 21.1 Å². The van der Waals surface area contributed by atoms with E-state index >= 15 is 0 Å². The highest BCUT2D eigenvalue weighted by atomic mass is 32.2. The average Bonchev–Trinajstić information content (AvgIpc) is 3.39. The second-order valence-electron chi connectivity index (χ2n) is 7.06. The molecule has 1 aliphatic carbocycles. The topological polar surface area (TPSA) is 121 Å². The van der Waals surface area contributed by atoms with Crippen molar-refractivity contribution in [3.63, 3.8) is 0 Å². The molecule has 160 valence electrons. The van der Waals surface area contributed by atoms with E-state index in [0.717, 1.165) is 11.8 Å². The number of para-hydroxylation sites is 1. The number of nitro benzene ring substituents is 1. The Morgan fingerprint density at radius 2 is 1.58 bits per heavy atom. The van der Waals surface area contributed by atoms with Crippen molar-refractivity contribution in [3.8, 4) is 5.69 Å². The Kier molecular flexibility index (Phi) is 5.11. The molecule has 0 fully saturated rings. The van der Waals surface area contributed by atoms with Crippen LogP contribution >= 0.6 is 11.8 Å². The first-order chi connectivity index (χ1) is 16.0. The molecule has 0 amide bonds. The molecule has 4 aromatic rings. The van der Waals surface area contributed by atoms with Gasteiger partial charge in [-0.25, -0.2) is 0 Å². The molecule has 3 aromatic carbocycles. The Labute approximate surface area is 190 Å². The largest absolute Gasteiger partial charge is 0.288 e. The molecule has 0 saturated carbocycles. The molecule has 5 rings (SSSR count). The fraction of sp³-hybridized carbons (Fsp3) is 0. The maximum Gasteiger partial charge on any atom is 0.283 e. The smallest absolute Gasteiger partial charge is 0.283 e. The number of fused-ring (bicyclic) bond motifs is 1. The summed E-state index contributed by atoms with van der Waals surface area (Å²) in [4.78, 5) is 36.8. The first-order valence-electron chi connectivity index (χ1n) is 9.73. The van der Waals surface area contributed by atoms with Gasteiger partial charge in [0.15, 0.2) is 11.6 Å². The fourth-order valence-electron chi connectivity index (χ4n) is 3.50. The Hall–Kier alpha value is -4.44. The number of carbonyl (C=O) groups excluding carboxylic acids is 2. The van der Waals surface area contributed by atoms with E-state index in [-0.39, 0.29) is 11.3 Å². The summed E-state index contributed by atoms with van der Waals surface area (Å²) < 4.78 is 1.48. The van der Waals surface area contributed by atoms with Crippen LogP contribution in [-0.2, 0) is 0 Å². The van der Waals surface area contributed by atoms with E-state index < -0.39 is 16.5 Å². The second-order valence-corrected chi connectivity index (χ2v) is 8.07. The number of nitro groups is 1. The highest BCUT2D eigenvalue weighted by Crippen LogP contribution is 2.36. The van der Waals surface area contributed by atoms with Gasteiger partial charge in [0.2, 0.25) is 5.16 Å². The van der Waals surface area contributed by atoms with Crippen molar-refractivity contribution in [3.05, 3.63) is 105 Å². The number of benzene rings is 3. The van der Waals surface area contributed by atoms with E-state index in [2.05, 4.69) is 15.5 Å². The van der Waals surface area contributed by atoms with Crippen LogP contribution in [0.3, 0.4) is 0 Å². The highest BCUT2D eigenvalue weighted by Gasteiger charge is 2.32. The number of hydrogen-bond acceptors (Lipinski definition) is 8. The van der Waals surface area contributed by atoms with Crippen molar-refractivity contribution in [2.45, 2.75) is 10.1 Å². The molecule has 9 nitrogen and oxygen atoms in total. The maximum absolute atomic E-state index is 12.6. The normalized spacial score (nSPS) is 12.7. The number of rotatable bonds is 5. The Morgan fingerprint density at radius 1 is 0.909 bits per heavy atom. The number of hydrogen-bond donors (Lipinski definition) is 0. The molecule has 0 bridgehead atoms. The van der Waals surface area contributed by atoms with Crippen molar-refractivity contribution in [1.29, 1.82) is 0 Å². The van der Waals surface area contributed by atoms with Crippen LogP contribution in [0, 0.1) is 10.1 Å². The zero-order chi connectivity index (χ0) is 22.9. The van der Waals surface area contributed by atoms with Crippen LogP contribution in [-0.4, -0.2) is 36.7 Å². The fourth-order valence-corrected chi connectivity index (χ4v) is 4.37. The minimum atomic E-state index is -0.520. The van der Waals surface area contributed by atoms with E-state index in [0.29, 0.717) is 32.4 Å². The third-order valence-corrected chi connectivity index (χ3v) is 6.04. The molecule has 0 aliphatic heterocycles. The third-order valence-electron chi connectivity index (χ3n) is 5.04. The van der Waals surface area contributed by atoms with Gasteiger partial charge < -0.3 is 0 Å². The summed E-state index contributed by atoms with van der Waals surface area (Å²) in [5.74, 6) is -0.780. The summed E-state index contributed by atoms with van der Waals surface area (Å²) in [7, 11) is 0. The molecule has 1 heterocycles.